The van der Waals surface area contributed by atoms with Gasteiger partial charge in [-0.15, -0.1) is 24.0 Å². The summed E-state index contributed by atoms with van der Waals surface area (Å²) in [6.45, 7) is 9.72. The molecule has 3 N–H and O–H groups in total. The van der Waals surface area contributed by atoms with Crippen LogP contribution in [0.2, 0.25) is 0 Å². The Labute approximate surface area is 145 Å². The second kappa shape index (κ2) is 10.0. The summed E-state index contributed by atoms with van der Waals surface area (Å²) >= 11 is 0. The third-order valence-corrected chi connectivity index (χ3v) is 3.01. The first-order valence-corrected chi connectivity index (χ1v) is 7.42. The van der Waals surface area contributed by atoms with Gasteiger partial charge in [0.05, 0.1) is 6.20 Å². The summed E-state index contributed by atoms with van der Waals surface area (Å²) < 4.78 is 5.65. The summed E-state index contributed by atoms with van der Waals surface area (Å²) in [5, 5.41) is 3.11. The number of halogens is 1. The number of hydrogen-bond acceptors (Lipinski definition) is 3. The minimum Gasteiger partial charge on any atom is -0.443 e. The maximum absolute atomic E-state index is 5.80. The van der Waals surface area contributed by atoms with E-state index in [2.05, 4.69) is 43.0 Å². The highest BCUT2D eigenvalue weighted by molar-refractivity contribution is 14.0. The van der Waals surface area contributed by atoms with Crippen LogP contribution in [-0.4, -0.2) is 17.5 Å². The van der Waals surface area contributed by atoms with E-state index in [1.54, 1.807) is 6.20 Å². The Morgan fingerprint density at radius 3 is 2.62 bits per heavy atom. The number of aromatic nitrogens is 1. The molecule has 0 bridgehead atoms. The van der Waals surface area contributed by atoms with Crippen LogP contribution in [0, 0.1) is 0 Å². The molecule has 0 aliphatic heterocycles. The number of rotatable bonds is 7. The van der Waals surface area contributed by atoms with Crippen LogP contribution in [0.25, 0.3) is 0 Å². The number of guanidine groups is 1. The van der Waals surface area contributed by atoms with Crippen LogP contribution in [-0.2, 0) is 12.0 Å². The van der Waals surface area contributed by atoms with Gasteiger partial charge in [-0.25, -0.2) is 9.98 Å². The molecule has 0 saturated heterocycles. The van der Waals surface area contributed by atoms with Crippen LogP contribution < -0.4 is 11.1 Å². The van der Waals surface area contributed by atoms with E-state index in [4.69, 9.17) is 10.2 Å². The predicted octanol–water partition coefficient (Wildman–Crippen LogP) is 3.57. The first-order chi connectivity index (χ1) is 9.43. The quantitative estimate of drug-likeness (QED) is 0.313. The fourth-order valence-electron chi connectivity index (χ4n) is 1.71. The molecule has 21 heavy (non-hydrogen) atoms. The molecule has 0 fully saturated rings. The molecule has 0 spiro atoms. The molecule has 122 valence electrons. The van der Waals surface area contributed by atoms with Crippen molar-refractivity contribution < 1.29 is 4.42 Å². The number of hydrogen-bond donors (Lipinski definition) is 2. The largest absolute Gasteiger partial charge is 0.443 e. The van der Waals surface area contributed by atoms with E-state index in [0.29, 0.717) is 18.4 Å². The lowest BCUT2D eigenvalue weighted by molar-refractivity contribution is 0.383. The van der Waals surface area contributed by atoms with Crippen molar-refractivity contribution in [2.24, 2.45) is 10.7 Å². The van der Waals surface area contributed by atoms with E-state index in [1.165, 1.54) is 19.3 Å². The average molecular weight is 408 g/mol. The fraction of sp³-hybridized carbons (Fsp3) is 0.733. The molecular formula is C15H29IN4O. The molecule has 0 amide bonds. The first kappa shape index (κ1) is 20.2. The molecule has 1 heterocycles. The molecule has 0 radical (unpaired) electrons. The molecule has 0 unspecified atom stereocenters. The minimum absolute atomic E-state index is 0. The van der Waals surface area contributed by atoms with Gasteiger partial charge in [-0.05, 0) is 6.42 Å². The number of nitrogens with one attached hydrogen (secondary N) is 1. The topological polar surface area (TPSA) is 76.4 Å². The average Bonchev–Trinajstić information content (AvgIpc) is 2.85. The Bertz CT molecular complexity index is 424. The highest BCUT2D eigenvalue weighted by Crippen LogP contribution is 2.22. The third-order valence-electron chi connectivity index (χ3n) is 3.01. The molecule has 0 atom stereocenters. The van der Waals surface area contributed by atoms with E-state index in [9.17, 15) is 0 Å². The summed E-state index contributed by atoms with van der Waals surface area (Å²) in [4.78, 5) is 8.45. The van der Waals surface area contributed by atoms with E-state index in [-0.39, 0.29) is 29.4 Å². The monoisotopic (exact) mass is 408 g/mol. The van der Waals surface area contributed by atoms with Gasteiger partial charge in [0.15, 0.2) is 5.96 Å². The van der Waals surface area contributed by atoms with Gasteiger partial charge in [0.2, 0.25) is 5.89 Å². The van der Waals surface area contributed by atoms with Gasteiger partial charge in [0.1, 0.15) is 12.3 Å². The highest BCUT2D eigenvalue weighted by atomic mass is 127. The van der Waals surface area contributed by atoms with Gasteiger partial charge in [-0.2, -0.15) is 0 Å². The molecule has 6 heteroatoms. The normalized spacial score (nSPS) is 12.1. The van der Waals surface area contributed by atoms with Gasteiger partial charge in [0, 0.05) is 12.0 Å². The molecule has 5 nitrogen and oxygen atoms in total. The van der Waals surface area contributed by atoms with Crippen molar-refractivity contribution in [1.82, 2.24) is 10.3 Å². The summed E-state index contributed by atoms with van der Waals surface area (Å²) in [6, 6.07) is 0. The maximum Gasteiger partial charge on any atom is 0.216 e. The molecule has 0 saturated carbocycles. The Kier molecular flexibility index (Phi) is 9.65. The second-order valence-electron chi connectivity index (χ2n) is 6.06. The molecule has 1 aromatic heterocycles. The summed E-state index contributed by atoms with van der Waals surface area (Å²) in [7, 11) is 0. The molecule has 1 rings (SSSR count). The molecule has 0 aliphatic rings. The van der Waals surface area contributed by atoms with Crippen LogP contribution in [0.4, 0.5) is 0 Å². The van der Waals surface area contributed by atoms with E-state index >= 15 is 0 Å². The lowest BCUT2D eigenvalue weighted by Crippen LogP contribution is -2.32. The van der Waals surface area contributed by atoms with Gasteiger partial charge < -0.3 is 15.5 Å². The Hall–Kier alpha value is -0.790. The van der Waals surface area contributed by atoms with Gasteiger partial charge in [-0.3, -0.25) is 0 Å². The van der Waals surface area contributed by atoms with Crippen molar-refractivity contribution in [3.63, 3.8) is 0 Å². The molecule has 0 aliphatic carbocycles. The minimum atomic E-state index is -0.0297. The van der Waals surface area contributed by atoms with Crippen LogP contribution in [0.3, 0.4) is 0 Å². The van der Waals surface area contributed by atoms with Crippen molar-refractivity contribution in [3.8, 4) is 0 Å². The number of aliphatic imine (C=N–C) groups is 1. The number of nitrogens with two attached hydrogens (primary N) is 1. The van der Waals surface area contributed by atoms with Crippen molar-refractivity contribution in [3.05, 3.63) is 17.8 Å². The van der Waals surface area contributed by atoms with Crippen LogP contribution in [0.15, 0.2) is 15.6 Å². The Morgan fingerprint density at radius 1 is 1.33 bits per heavy atom. The summed E-state index contributed by atoms with van der Waals surface area (Å²) in [5.74, 6) is 1.93. The standard InChI is InChI=1S/C15H28N4O.HI/c1-5-6-7-8-9-17-14(16)19-11-13-18-10-12(20-13)15(2,3)4;/h10H,5-9,11H2,1-4H3,(H3,16,17,19);1H. The van der Waals surface area contributed by atoms with E-state index < -0.39 is 0 Å². The maximum atomic E-state index is 5.80. The number of nitrogens with zero attached hydrogens (tertiary/aromatic N) is 2. The second-order valence-corrected chi connectivity index (χ2v) is 6.06. The van der Waals surface area contributed by atoms with Crippen LogP contribution in [0.5, 0.6) is 0 Å². The van der Waals surface area contributed by atoms with Crippen LogP contribution in [0.1, 0.15) is 65.0 Å². The zero-order valence-corrected chi connectivity index (χ0v) is 15.9. The van der Waals surface area contributed by atoms with Crippen LogP contribution >= 0.6 is 24.0 Å². The zero-order valence-electron chi connectivity index (χ0n) is 13.6. The Balaban J connectivity index is 0.00000400. The fourth-order valence-corrected chi connectivity index (χ4v) is 1.71. The van der Waals surface area contributed by atoms with E-state index in [1.807, 2.05) is 0 Å². The third kappa shape index (κ3) is 8.28. The summed E-state index contributed by atoms with van der Waals surface area (Å²) in [6.07, 6.45) is 6.62. The van der Waals surface area contributed by atoms with Gasteiger partial charge in [0.25, 0.3) is 0 Å². The highest BCUT2D eigenvalue weighted by Gasteiger charge is 2.18. The van der Waals surface area contributed by atoms with Gasteiger partial charge in [-0.1, -0.05) is 47.0 Å². The number of oxazole rings is 1. The molecule has 0 aromatic carbocycles. The Morgan fingerprint density at radius 2 is 2.05 bits per heavy atom. The van der Waals surface area contributed by atoms with E-state index in [0.717, 1.165) is 18.7 Å². The smallest absolute Gasteiger partial charge is 0.216 e. The van der Waals surface area contributed by atoms with Gasteiger partial charge >= 0.3 is 0 Å². The van der Waals surface area contributed by atoms with Crippen molar-refractivity contribution in [2.45, 2.75) is 65.3 Å². The zero-order chi connectivity index (χ0) is 15.0. The molecule has 1 aromatic rings. The lowest BCUT2D eigenvalue weighted by atomic mass is 9.94. The predicted molar refractivity (Wildman–Crippen MR) is 98.1 cm³/mol. The SMILES string of the molecule is CCCCCCNC(N)=NCc1ncc(C(C)(C)C)o1.I. The number of unbranched alkanes of at least 4 members (excludes halogenated alkanes) is 3. The van der Waals surface area contributed by atoms with Crippen molar-refractivity contribution >= 4 is 29.9 Å². The first-order valence-electron chi connectivity index (χ1n) is 7.42. The van der Waals surface area contributed by atoms with Crippen molar-refractivity contribution in [2.75, 3.05) is 6.54 Å². The van der Waals surface area contributed by atoms with Crippen molar-refractivity contribution in [1.29, 1.82) is 0 Å². The summed E-state index contributed by atoms with van der Waals surface area (Å²) in [5.41, 5.74) is 5.77. The molecular weight excluding hydrogens is 379 g/mol. The lowest BCUT2D eigenvalue weighted by Gasteiger charge is -2.12.